The Kier molecular flexibility index (Phi) is 4.52. The van der Waals surface area contributed by atoms with Crippen molar-refractivity contribution in [2.75, 3.05) is 12.3 Å². The Hall–Kier alpha value is -2.88. The van der Waals surface area contributed by atoms with Gasteiger partial charge in [-0.05, 0) is 22.6 Å². The highest BCUT2D eigenvalue weighted by molar-refractivity contribution is 7.13. The van der Waals surface area contributed by atoms with Crippen LogP contribution in [-0.2, 0) is 17.8 Å². The first kappa shape index (κ1) is 15.0. The average molecular weight is 330 g/mol. The highest BCUT2D eigenvalue weighted by Gasteiger charge is 2.08. The fourth-order valence-corrected chi connectivity index (χ4v) is 2.76. The molecule has 0 bridgehead atoms. The van der Waals surface area contributed by atoms with Crippen LogP contribution in [0.25, 0.3) is 10.6 Å². The molecule has 3 N–H and O–H groups in total. The van der Waals surface area contributed by atoms with Crippen molar-refractivity contribution in [3.05, 3.63) is 35.6 Å². The van der Waals surface area contributed by atoms with Crippen LogP contribution in [0.2, 0.25) is 0 Å². The third kappa shape index (κ3) is 3.86. The highest BCUT2D eigenvalue weighted by Crippen LogP contribution is 2.22. The Balaban J connectivity index is 1.49. The third-order valence-corrected chi connectivity index (χ3v) is 3.98. The van der Waals surface area contributed by atoms with E-state index in [-0.39, 0.29) is 18.4 Å². The summed E-state index contributed by atoms with van der Waals surface area (Å²) in [5.74, 6) is -0.0877. The predicted octanol–water partition coefficient (Wildman–Crippen LogP) is 0.133. The molecule has 0 unspecified atom stereocenters. The number of hydrogen-bond acceptors (Lipinski definition) is 8. The molecule has 0 radical (unpaired) electrons. The van der Waals surface area contributed by atoms with Gasteiger partial charge in [-0.3, -0.25) is 9.78 Å². The molecule has 0 aliphatic carbocycles. The molecule has 10 heteroatoms. The third-order valence-electron chi connectivity index (χ3n) is 3.04. The molecule has 0 fully saturated rings. The molecular weight excluding hydrogens is 316 g/mol. The van der Waals surface area contributed by atoms with E-state index in [1.807, 2.05) is 17.5 Å². The Bertz CT molecular complexity index is 784. The van der Waals surface area contributed by atoms with Crippen LogP contribution in [0, 0.1) is 0 Å². The molecule has 3 heterocycles. The van der Waals surface area contributed by atoms with Crippen molar-refractivity contribution < 1.29 is 4.79 Å². The number of pyridine rings is 1. The van der Waals surface area contributed by atoms with Gasteiger partial charge in [-0.2, -0.15) is 0 Å². The zero-order valence-corrected chi connectivity index (χ0v) is 12.9. The molecule has 3 aromatic heterocycles. The van der Waals surface area contributed by atoms with Gasteiger partial charge in [0.25, 0.3) is 0 Å². The summed E-state index contributed by atoms with van der Waals surface area (Å²) < 4.78 is 1.24. The normalized spacial score (nSPS) is 10.6. The molecule has 118 valence electrons. The second kappa shape index (κ2) is 6.92. The number of rotatable bonds is 6. The van der Waals surface area contributed by atoms with Crippen LogP contribution < -0.4 is 11.1 Å². The Labute approximate surface area is 135 Å². The molecule has 3 aromatic rings. The number of carbonyl (C=O) groups excluding carboxylic acids is 1. The zero-order valence-electron chi connectivity index (χ0n) is 12.1. The molecule has 23 heavy (non-hydrogen) atoms. The standard InChI is InChI=1S/C13H14N8OS/c14-13-18-19-20-21(13)7-11(22)16-6-3-10-8-23-12(17-10)9-1-4-15-5-2-9/h1-2,4-5,8H,3,6-7H2,(H,16,22)(H2,14,18,20). The van der Waals surface area contributed by atoms with Crippen LogP contribution in [0.5, 0.6) is 0 Å². The van der Waals surface area contributed by atoms with Crippen LogP contribution in [0.15, 0.2) is 29.9 Å². The van der Waals surface area contributed by atoms with Crippen molar-refractivity contribution >= 4 is 23.2 Å². The van der Waals surface area contributed by atoms with Gasteiger partial charge in [-0.1, -0.05) is 5.10 Å². The number of nitrogens with zero attached hydrogens (tertiary/aromatic N) is 6. The number of aromatic nitrogens is 6. The maximum absolute atomic E-state index is 11.8. The molecule has 0 saturated heterocycles. The predicted molar refractivity (Wildman–Crippen MR) is 84.3 cm³/mol. The van der Waals surface area contributed by atoms with E-state index in [4.69, 9.17) is 5.73 Å². The van der Waals surface area contributed by atoms with E-state index in [0.29, 0.717) is 13.0 Å². The minimum atomic E-state index is -0.200. The topological polar surface area (TPSA) is 124 Å². The summed E-state index contributed by atoms with van der Waals surface area (Å²) in [6, 6.07) is 3.84. The van der Waals surface area contributed by atoms with Gasteiger partial charge in [0.05, 0.1) is 5.69 Å². The molecule has 1 amide bonds. The number of nitrogens with one attached hydrogen (secondary N) is 1. The Morgan fingerprint density at radius 3 is 2.91 bits per heavy atom. The van der Waals surface area contributed by atoms with Gasteiger partial charge in [0, 0.05) is 36.3 Å². The van der Waals surface area contributed by atoms with Crippen molar-refractivity contribution in [2.45, 2.75) is 13.0 Å². The van der Waals surface area contributed by atoms with Crippen molar-refractivity contribution in [3.8, 4) is 10.6 Å². The van der Waals surface area contributed by atoms with E-state index in [1.165, 1.54) is 4.68 Å². The molecule has 3 rings (SSSR count). The summed E-state index contributed by atoms with van der Waals surface area (Å²) in [4.78, 5) is 20.3. The number of nitrogens with two attached hydrogens (primary N) is 1. The number of hydrogen-bond donors (Lipinski definition) is 2. The smallest absolute Gasteiger partial charge is 0.241 e. The summed E-state index contributed by atoms with van der Waals surface area (Å²) in [5, 5.41) is 16.2. The second-order valence-corrected chi connectivity index (χ2v) is 5.53. The summed E-state index contributed by atoms with van der Waals surface area (Å²) in [6.07, 6.45) is 4.13. The lowest BCUT2D eigenvalue weighted by Gasteiger charge is -2.04. The second-order valence-electron chi connectivity index (χ2n) is 4.67. The van der Waals surface area contributed by atoms with Crippen molar-refractivity contribution in [2.24, 2.45) is 0 Å². The monoisotopic (exact) mass is 330 g/mol. The number of anilines is 1. The quantitative estimate of drug-likeness (QED) is 0.658. The average Bonchev–Trinajstić information content (AvgIpc) is 3.18. The van der Waals surface area contributed by atoms with E-state index < -0.39 is 0 Å². The lowest BCUT2D eigenvalue weighted by Crippen LogP contribution is -2.30. The molecule has 0 atom stereocenters. The number of nitrogen functional groups attached to an aromatic ring is 1. The molecule has 0 aliphatic rings. The fourth-order valence-electron chi connectivity index (χ4n) is 1.89. The molecule has 0 aromatic carbocycles. The van der Waals surface area contributed by atoms with Gasteiger partial charge >= 0.3 is 0 Å². The van der Waals surface area contributed by atoms with Crippen LogP contribution in [0.4, 0.5) is 5.95 Å². The maximum Gasteiger partial charge on any atom is 0.241 e. The minimum Gasteiger partial charge on any atom is -0.367 e. The van der Waals surface area contributed by atoms with E-state index in [9.17, 15) is 4.79 Å². The molecule has 9 nitrogen and oxygen atoms in total. The lowest BCUT2D eigenvalue weighted by molar-refractivity contribution is -0.121. The maximum atomic E-state index is 11.8. The van der Waals surface area contributed by atoms with Crippen molar-refractivity contribution in [1.82, 2.24) is 35.5 Å². The fraction of sp³-hybridized carbons (Fsp3) is 0.231. The lowest BCUT2D eigenvalue weighted by atomic mass is 10.3. The van der Waals surface area contributed by atoms with Gasteiger partial charge in [0.15, 0.2) is 0 Å². The number of carbonyl (C=O) groups is 1. The van der Waals surface area contributed by atoms with Crippen LogP contribution in [0.1, 0.15) is 5.69 Å². The van der Waals surface area contributed by atoms with E-state index in [1.54, 1.807) is 23.7 Å². The molecular formula is C13H14N8OS. The zero-order chi connectivity index (χ0) is 16.1. The molecule has 0 saturated carbocycles. The van der Waals surface area contributed by atoms with Gasteiger partial charge in [0.1, 0.15) is 11.6 Å². The van der Waals surface area contributed by atoms with Crippen LogP contribution >= 0.6 is 11.3 Å². The number of thiazole rings is 1. The van der Waals surface area contributed by atoms with E-state index in [2.05, 4.69) is 30.8 Å². The van der Waals surface area contributed by atoms with E-state index >= 15 is 0 Å². The minimum absolute atomic E-state index is 0.00182. The van der Waals surface area contributed by atoms with E-state index in [0.717, 1.165) is 16.3 Å². The van der Waals surface area contributed by atoms with Gasteiger partial charge < -0.3 is 11.1 Å². The van der Waals surface area contributed by atoms with Gasteiger partial charge in [0.2, 0.25) is 11.9 Å². The summed E-state index contributed by atoms with van der Waals surface area (Å²) in [5.41, 5.74) is 7.47. The van der Waals surface area contributed by atoms with Gasteiger partial charge in [-0.25, -0.2) is 9.67 Å². The van der Waals surface area contributed by atoms with Crippen LogP contribution in [0.3, 0.4) is 0 Å². The molecule has 0 spiro atoms. The van der Waals surface area contributed by atoms with Crippen LogP contribution in [-0.4, -0.2) is 42.6 Å². The molecule has 0 aliphatic heterocycles. The SMILES string of the molecule is Nc1nnnn1CC(=O)NCCc1csc(-c2ccncc2)n1. The Morgan fingerprint density at radius 2 is 2.17 bits per heavy atom. The number of tetrazole rings is 1. The Morgan fingerprint density at radius 1 is 1.35 bits per heavy atom. The first-order valence-corrected chi connectivity index (χ1v) is 7.73. The summed E-state index contributed by atoms with van der Waals surface area (Å²) in [6.45, 7) is 0.485. The first-order valence-electron chi connectivity index (χ1n) is 6.85. The van der Waals surface area contributed by atoms with Gasteiger partial charge in [-0.15, -0.1) is 11.3 Å². The first-order chi connectivity index (χ1) is 11.2. The van der Waals surface area contributed by atoms with Crippen molar-refractivity contribution in [3.63, 3.8) is 0 Å². The summed E-state index contributed by atoms with van der Waals surface area (Å²) >= 11 is 1.57. The number of amides is 1. The van der Waals surface area contributed by atoms with Crippen molar-refractivity contribution in [1.29, 1.82) is 0 Å². The highest BCUT2D eigenvalue weighted by atomic mass is 32.1. The summed E-state index contributed by atoms with van der Waals surface area (Å²) in [7, 11) is 0. The largest absolute Gasteiger partial charge is 0.367 e.